The Bertz CT molecular complexity index is 303. The van der Waals surface area contributed by atoms with Crippen LogP contribution in [0, 0.1) is 0 Å². The number of halogens is 2. The molecule has 0 aliphatic rings. The van der Waals surface area contributed by atoms with Crippen LogP contribution in [-0.4, -0.2) is 36.3 Å². The zero-order valence-corrected chi connectivity index (χ0v) is 8.64. The summed E-state index contributed by atoms with van der Waals surface area (Å²) in [6.45, 7) is -1.35. The molecule has 2 unspecified atom stereocenters. The van der Waals surface area contributed by atoms with E-state index in [2.05, 4.69) is 0 Å². The summed E-state index contributed by atoms with van der Waals surface area (Å²) >= 11 is 0. The quantitative estimate of drug-likeness (QED) is 0.779. The summed E-state index contributed by atoms with van der Waals surface area (Å²) in [5, 5.41) is 18.0. The molecule has 0 saturated heterocycles. The van der Waals surface area contributed by atoms with Crippen LogP contribution in [0.5, 0.6) is 5.75 Å². The van der Waals surface area contributed by atoms with E-state index in [4.69, 9.17) is 9.84 Å². The van der Waals surface area contributed by atoms with E-state index >= 15 is 0 Å². The van der Waals surface area contributed by atoms with Crippen molar-refractivity contribution >= 4 is 0 Å². The molecule has 0 aromatic heterocycles. The van der Waals surface area contributed by atoms with Crippen LogP contribution in [0.2, 0.25) is 0 Å². The van der Waals surface area contributed by atoms with Crippen LogP contribution in [0.1, 0.15) is 11.7 Å². The molecule has 2 atom stereocenters. The molecule has 0 amide bonds. The van der Waals surface area contributed by atoms with Gasteiger partial charge in [0, 0.05) is 0 Å². The molecule has 3 nitrogen and oxygen atoms in total. The van der Waals surface area contributed by atoms with E-state index in [-0.39, 0.29) is 6.61 Å². The second kappa shape index (κ2) is 6.40. The van der Waals surface area contributed by atoms with Crippen LogP contribution in [0.25, 0.3) is 0 Å². The number of alkyl halides is 2. The van der Waals surface area contributed by atoms with Crippen LogP contribution < -0.4 is 4.74 Å². The van der Waals surface area contributed by atoms with Gasteiger partial charge in [0.25, 0.3) is 0 Å². The molecule has 0 heterocycles. The lowest BCUT2D eigenvalue weighted by Gasteiger charge is -2.14. The van der Waals surface area contributed by atoms with E-state index in [1.807, 2.05) is 0 Å². The fourth-order valence-corrected chi connectivity index (χ4v) is 1.23. The van der Waals surface area contributed by atoms with Crippen molar-refractivity contribution in [3.63, 3.8) is 0 Å². The van der Waals surface area contributed by atoms with Crippen molar-refractivity contribution in [2.24, 2.45) is 0 Å². The van der Waals surface area contributed by atoms with Crippen molar-refractivity contribution in [1.29, 1.82) is 0 Å². The number of aliphatic hydroxyl groups excluding tert-OH is 2. The van der Waals surface area contributed by atoms with Gasteiger partial charge in [-0.25, -0.2) is 8.78 Å². The number of ether oxygens (including phenoxy) is 1. The summed E-state index contributed by atoms with van der Waals surface area (Å²) in [6, 6.07) is 5.97. The monoisotopic (exact) mass is 232 g/mol. The number of hydrogen-bond donors (Lipinski definition) is 2. The minimum absolute atomic E-state index is 0.0374. The molecule has 1 aromatic carbocycles. The highest BCUT2D eigenvalue weighted by Crippen LogP contribution is 2.21. The maximum atomic E-state index is 12.9. The van der Waals surface area contributed by atoms with Crippen LogP contribution >= 0.6 is 0 Å². The Labute approximate surface area is 92.3 Å². The van der Waals surface area contributed by atoms with Gasteiger partial charge in [-0.3, -0.25) is 0 Å². The fraction of sp³-hybridized carbons (Fsp3) is 0.455. The molecular formula is C11H14F2O3. The molecule has 0 aliphatic heterocycles. The first-order chi connectivity index (χ1) is 7.69. The molecule has 1 aromatic rings. The summed E-state index contributed by atoms with van der Waals surface area (Å²) in [4.78, 5) is 0. The highest BCUT2D eigenvalue weighted by atomic mass is 19.1. The molecule has 0 radical (unpaired) electrons. The summed E-state index contributed by atoms with van der Waals surface area (Å²) in [5.74, 6) is 0.452. The Balaban J connectivity index is 2.63. The molecule has 0 bridgehead atoms. The zero-order chi connectivity index (χ0) is 12.0. The van der Waals surface area contributed by atoms with E-state index in [9.17, 15) is 13.9 Å². The summed E-state index contributed by atoms with van der Waals surface area (Å²) in [7, 11) is 0. The summed E-state index contributed by atoms with van der Waals surface area (Å²) < 4.78 is 29.7. The molecule has 0 saturated carbocycles. The molecular weight excluding hydrogens is 218 g/mol. The predicted octanol–water partition coefficient (Wildman–Crippen LogP) is 1.40. The van der Waals surface area contributed by atoms with Gasteiger partial charge in [-0.05, 0) is 17.7 Å². The van der Waals surface area contributed by atoms with Gasteiger partial charge in [0.05, 0.1) is 6.61 Å². The Hall–Kier alpha value is -1.20. The maximum absolute atomic E-state index is 12.9. The lowest BCUT2D eigenvalue weighted by Crippen LogP contribution is -2.17. The topological polar surface area (TPSA) is 49.7 Å². The van der Waals surface area contributed by atoms with Gasteiger partial charge in [-0.1, -0.05) is 12.1 Å². The molecule has 0 spiro atoms. The molecule has 1 rings (SSSR count). The fourth-order valence-electron chi connectivity index (χ4n) is 1.23. The zero-order valence-electron chi connectivity index (χ0n) is 8.64. The SMILES string of the molecule is OCC(F)C(O)c1ccc(OCCF)cc1. The first kappa shape index (κ1) is 12.9. The predicted molar refractivity (Wildman–Crippen MR) is 54.9 cm³/mol. The second-order valence-electron chi connectivity index (χ2n) is 3.25. The number of benzene rings is 1. The van der Waals surface area contributed by atoms with E-state index in [0.717, 1.165) is 0 Å². The summed E-state index contributed by atoms with van der Waals surface area (Å²) in [6.07, 6.45) is -3.07. The minimum atomic E-state index is -1.71. The first-order valence-electron chi connectivity index (χ1n) is 4.90. The lowest BCUT2D eigenvalue weighted by molar-refractivity contribution is 0.0393. The molecule has 16 heavy (non-hydrogen) atoms. The average Bonchev–Trinajstić information content (AvgIpc) is 2.35. The van der Waals surface area contributed by atoms with Gasteiger partial charge >= 0.3 is 0 Å². The summed E-state index contributed by atoms with van der Waals surface area (Å²) in [5.41, 5.74) is 0.342. The lowest BCUT2D eigenvalue weighted by atomic mass is 10.1. The first-order valence-corrected chi connectivity index (χ1v) is 4.90. The average molecular weight is 232 g/mol. The van der Waals surface area contributed by atoms with Crippen molar-refractivity contribution in [2.45, 2.75) is 12.3 Å². The Morgan fingerprint density at radius 3 is 2.38 bits per heavy atom. The highest BCUT2D eigenvalue weighted by Gasteiger charge is 2.18. The highest BCUT2D eigenvalue weighted by molar-refractivity contribution is 5.29. The molecule has 5 heteroatoms. The van der Waals surface area contributed by atoms with Gasteiger partial charge in [0.1, 0.15) is 25.1 Å². The van der Waals surface area contributed by atoms with Gasteiger partial charge in [-0.15, -0.1) is 0 Å². The normalized spacial score (nSPS) is 14.5. The van der Waals surface area contributed by atoms with Gasteiger partial charge in [0.2, 0.25) is 0 Å². The third-order valence-electron chi connectivity index (χ3n) is 2.08. The van der Waals surface area contributed by atoms with Crippen LogP contribution in [0.3, 0.4) is 0 Å². The Morgan fingerprint density at radius 1 is 1.25 bits per heavy atom. The van der Waals surface area contributed by atoms with Crippen molar-refractivity contribution in [3.05, 3.63) is 29.8 Å². The standard InChI is InChI=1S/C11H14F2O3/c12-5-6-16-9-3-1-8(2-4-9)11(15)10(13)7-14/h1-4,10-11,14-15H,5-7H2. The van der Waals surface area contributed by atoms with E-state index in [0.29, 0.717) is 11.3 Å². The third-order valence-corrected chi connectivity index (χ3v) is 2.08. The molecule has 0 aliphatic carbocycles. The largest absolute Gasteiger partial charge is 0.491 e. The minimum Gasteiger partial charge on any atom is -0.491 e. The van der Waals surface area contributed by atoms with Gasteiger partial charge in [-0.2, -0.15) is 0 Å². The molecule has 0 fully saturated rings. The van der Waals surface area contributed by atoms with E-state index in [1.54, 1.807) is 0 Å². The molecule has 2 N–H and O–H groups in total. The van der Waals surface area contributed by atoms with Crippen LogP contribution in [-0.2, 0) is 0 Å². The Kier molecular flexibility index (Phi) is 5.14. The number of rotatable bonds is 6. The van der Waals surface area contributed by atoms with Crippen molar-refractivity contribution < 1.29 is 23.7 Å². The van der Waals surface area contributed by atoms with E-state index < -0.39 is 25.6 Å². The Morgan fingerprint density at radius 2 is 1.88 bits per heavy atom. The van der Waals surface area contributed by atoms with Gasteiger partial charge in [0.15, 0.2) is 6.17 Å². The smallest absolute Gasteiger partial charge is 0.153 e. The number of hydrogen-bond acceptors (Lipinski definition) is 3. The third kappa shape index (κ3) is 3.43. The van der Waals surface area contributed by atoms with Crippen LogP contribution in [0.15, 0.2) is 24.3 Å². The molecule has 90 valence electrons. The van der Waals surface area contributed by atoms with E-state index in [1.165, 1.54) is 24.3 Å². The van der Waals surface area contributed by atoms with Crippen molar-refractivity contribution in [3.8, 4) is 5.75 Å². The van der Waals surface area contributed by atoms with Crippen molar-refractivity contribution in [1.82, 2.24) is 0 Å². The van der Waals surface area contributed by atoms with Crippen molar-refractivity contribution in [2.75, 3.05) is 19.9 Å². The number of aliphatic hydroxyl groups is 2. The van der Waals surface area contributed by atoms with Crippen LogP contribution in [0.4, 0.5) is 8.78 Å². The van der Waals surface area contributed by atoms with Gasteiger partial charge < -0.3 is 14.9 Å². The maximum Gasteiger partial charge on any atom is 0.153 e. The second-order valence-corrected chi connectivity index (χ2v) is 3.25.